The Hall–Kier alpha value is -2.97. The van der Waals surface area contributed by atoms with Crippen LogP contribution in [-0.2, 0) is 15.8 Å². The first-order valence-electron chi connectivity index (χ1n) is 10.8. The number of aromatic nitrogens is 1. The van der Waals surface area contributed by atoms with Crippen LogP contribution in [0.1, 0.15) is 28.7 Å². The number of anilines is 2. The van der Waals surface area contributed by atoms with Crippen LogP contribution in [0.4, 0.5) is 42.2 Å². The number of rotatable bonds is 4. The van der Waals surface area contributed by atoms with E-state index in [0.717, 1.165) is 0 Å². The lowest BCUT2D eigenvalue weighted by Gasteiger charge is -2.29. The summed E-state index contributed by atoms with van der Waals surface area (Å²) in [4.78, 5) is 29.2. The van der Waals surface area contributed by atoms with E-state index in [-0.39, 0.29) is 28.0 Å². The fourth-order valence-corrected chi connectivity index (χ4v) is 3.47. The second-order valence-electron chi connectivity index (χ2n) is 7.54. The Labute approximate surface area is 201 Å². The van der Waals surface area contributed by atoms with E-state index in [1.54, 1.807) is 0 Å². The summed E-state index contributed by atoms with van der Waals surface area (Å²) in [6.07, 6.45) is -11.5. The molecule has 0 radical (unpaired) electrons. The molecule has 35 heavy (non-hydrogen) atoms. The summed E-state index contributed by atoms with van der Waals surface area (Å²) in [5, 5.41) is 20.2. The van der Waals surface area contributed by atoms with Crippen molar-refractivity contribution in [2.24, 2.45) is 0 Å². The number of hydrogen-bond acceptors (Lipinski definition) is 5. The molecule has 2 amide bonds. The lowest BCUT2D eigenvalue weighted by Crippen LogP contribution is -2.51. The third-order valence-electron chi connectivity index (χ3n) is 5.14. The van der Waals surface area contributed by atoms with Gasteiger partial charge in [0.2, 0.25) is 0 Å². The number of likely N-dealkylation sites (N-methyl/N-ethyl adjacent to an activating group) is 1. The molecular formula is C20H15ClF7N3O4. The number of carbonyl (C=O) groups is 2. The van der Waals surface area contributed by atoms with Crippen molar-refractivity contribution in [3.05, 3.63) is 52.2 Å². The minimum absolute atomic E-state index is 0.0488. The topological polar surface area (TPSA) is 94.0 Å². The summed E-state index contributed by atoms with van der Waals surface area (Å²) in [6.45, 7) is -3.05. The smallest absolute Gasteiger partial charge is 0.387 e. The maximum atomic E-state index is 14.6. The highest BCUT2D eigenvalue weighted by Gasteiger charge is 2.59. The zero-order valence-electron chi connectivity index (χ0n) is 20.1. The number of nitrogens with zero attached hydrogens (tertiary/aromatic N) is 3. The standard InChI is InChI=1S/C20H15ClF7N3O4/c1-19(35)15(32)14(17(33)30(2)12-5-8(21)9(22)6-10(12)23)31(18(19)34)13-4-7(20(26,27)28)3-11(29-13)16(24)25/h3-6,14-16,32,35H,1-2H3/t14-,15-,19-/m0/s1/i2D3. The van der Waals surface area contributed by atoms with E-state index in [4.69, 9.17) is 15.7 Å². The molecule has 0 spiro atoms. The first-order valence-corrected chi connectivity index (χ1v) is 9.67. The predicted octanol–water partition coefficient (Wildman–Crippen LogP) is 3.46. The Morgan fingerprint density at radius 3 is 2.43 bits per heavy atom. The van der Waals surface area contributed by atoms with Crippen molar-refractivity contribution >= 4 is 34.9 Å². The van der Waals surface area contributed by atoms with Crippen molar-refractivity contribution in [2.45, 2.75) is 37.3 Å². The van der Waals surface area contributed by atoms with Gasteiger partial charge in [-0.1, -0.05) is 11.6 Å². The number of carbonyl (C=O) groups excluding carboxylic acids is 2. The van der Waals surface area contributed by atoms with Crippen molar-refractivity contribution in [1.29, 1.82) is 0 Å². The van der Waals surface area contributed by atoms with Crippen LogP contribution in [0.5, 0.6) is 0 Å². The number of hydrogen-bond donors (Lipinski definition) is 2. The molecule has 2 heterocycles. The summed E-state index contributed by atoms with van der Waals surface area (Å²) < 4.78 is 118. The summed E-state index contributed by atoms with van der Waals surface area (Å²) in [6, 6.07) is -2.16. The van der Waals surface area contributed by atoms with Crippen LogP contribution in [0, 0.1) is 11.6 Å². The lowest BCUT2D eigenvalue weighted by atomic mass is 9.97. The molecule has 3 atom stereocenters. The lowest BCUT2D eigenvalue weighted by molar-refractivity contribution is -0.139. The van der Waals surface area contributed by atoms with Gasteiger partial charge in [0, 0.05) is 17.2 Å². The van der Waals surface area contributed by atoms with E-state index in [1.807, 2.05) is 0 Å². The number of aliphatic hydroxyl groups excluding tert-OH is 1. The van der Waals surface area contributed by atoms with Crippen molar-refractivity contribution in [3.8, 4) is 0 Å². The van der Waals surface area contributed by atoms with Crippen LogP contribution < -0.4 is 9.80 Å². The molecule has 1 saturated heterocycles. The van der Waals surface area contributed by atoms with Crippen molar-refractivity contribution in [1.82, 2.24) is 4.98 Å². The normalized spacial score (nSPS) is 24.4. The van der Waals surface area contributed by atoms with Gasteiger partial charge in [-0.3, -0.25) is 14.5 Å². The molecule has 1 aromatic heterocycles. The van der Waals surface area contributed by atoms with Crippen LogP contribution in [0.3, 0.4) is 0 Å². The quantitative estimate of drug-likeness (QED) is 0.465. The van der Waals surface area contributed by atoms with Gasteiger partial charge in [-0.05, 0) is 25.1 Å². The molecule has 2 aromatic rings. The van der Waals surface area contributed by atoms with E-state index in [0.29, 0.717) is 13.0 Å². The molecular weight excluding hydrogens is 515 g/mol. The fourth-order valence-electron chi connectivity index (χ4n) is 3.31. The summed E-state index contributed by atoms with van der Waals surface area (Å²) in [5.41, 5.74) is -7.46. The predicted molar refractivity (Wildman–Crippen MR) is 107 cm³/mol. The van der Waals surface area contributed by atoms with Gasteiger partial charge in [0.15, 0.2) is 5.60 Å². The first-order chi connectivity index (χ1) is 17.2. The second kappa shape index (κ2) is 8.91. The summed E-state index contributed by atoms with van der Waals surface area (Å²) >= 11 is 5.57. The highest BCUT2D eigenvalue weighted by molar-refractivity contribution is 6.31. The number of benzene rings is 1. The van der Waals surface area contributed by atoms with Gasteiger partial charge >= 0.3 is 6.18 Å². The number of amides is 2. The molecule has 0 saturated carbocycles. The minimum Gasteiger partial charge on any atom is -0.387 e. The molecule has 1 fully saturated rings. The molecule has 1 aliphatic heterocycles. The van der Waals surface area contributed by atoms with E-state index in [1.165, 1.54) is 0 Å². The van der Waals surface area contributed by atoms with Gasteiger partial charge in [0.1, 0.15) is 35.3 Å². The Morgan fingerprint density at radius 1 is 1.26 bits per heavy atom. The van der Waals surface area contributed by atoms with E-state index in [2.05, 4.69) is 4.98 Å². The van der Waals surface area contributed by atoms with Crippen LogP contribution in [0.25, 0.3) is 0 Å². The SMILES string of the molecule is [2H]C([2H])([2H])N(C(=O)[C@@H]1[C@H](O)[C@](C)(O)C(=O)N1c1cc(C(F)(F)F)cc(C(F)F)n1)c1cc(Cl)c(F)cc1F. The Kier molecular flexibility index (Phi) is 5.73. The van der Waals surface area contributed by atoms with Crippen LogP contribution in [0.15, 0.2) is 24.3 Å². The highest BCUT2D eigenvalue weighted by atomic mass is 35.5. The average Bonchev–Trinajstić information content (AvgIpc) is 2.95. The second-order valence-corrected chi connectivity index (χ2v) is 7.95. The molecule has 1 aromatic carbocycles. The molecule has 7 nitrogen and oxygen atoms in total. The fraction of sp³-hybridized carbons (Fsp3) is 0.350. The van der Waals surface area contributed by atoms with Crippen molar-refractivity contribution in [2.75, 3.05) is 16.8 Å². The van der Waals surface area contributed by atoms with Gasteiger partial charge in [0.25, 0.3) is 18.2 Å². The van der Waals surface area contributed by atoms with Crippen molar-refractivity contribution < 1.29 is 54.6 Å². The van der Waals surface area contributed by atoms with Gasteiger partial charge < -0.3 is 15.1 Å². The number of aliphatic hydroxyl groups is 2. The van der Waals surface area contributed by atoms with Crippen molar-refractivity contribution in [3.63, 3.8) is 0 Å². The molecule has 2 N–H and O–H groups in total. The van der Waals surface area contributed by atoms with Crippen LogP contribution in [-0.4, -0.2) is 51.7 Å². The van der Waals surface area contributed by atoms with E-state index in [9.17, 15) is 50.5 Å². The largest absolute Gasteiger partial charge is 0.416 e. The first kappa shape index (κ1) is 22.5. The molecule has 15 heteroatoms. The number of halogens is 8. The highest BCUT2D eigenvalue weighted by Crippen LogP contribution is 2.39. The molecule has 0 unspecified atom stereocenters. The Morgan fingerprint density at radius 2 is 1.89 bits per heavy atom. The number of alkyl halides is 5. The molecule has 3 rings (SSSR count). The summed E-state index contributed by atoms with van der Waals surface area (Å²) in [7, 11) is 0. The van der Waals surface area contributed by atoms with Gasteiger partial charge in [0.05, 0.1) is 16.3 Å². The van der Waals surface area contributed by atoms with Crippen LogP contribution >= 0.6 is 11.6 Å². The average molecular weight is 533 g/mol. The zero-order valence-corrected chi connectivity index (χ0v) is 17.9. The van der Waals surface area contributed by atoms with Gasteiger partial charge in [-0.15, -0.1) is 0 Å². The molecule has 190 valence electrons. The number of pyridine rings is 1. The molecule has 0 bridgehead atoms. The molecule has 0 aliphatic carbocycles. The Balaban J connectivity index is 2.28. The Bertz CT molecular complexity index is 1290. The van der Waals surface area contributed by atoms with E-state index >= 15 is 0 Å². The minimum atomic E-state index is -5.27. The third kappa shape index (κ3) is 4.65. The maximum Gasteiger partial charge on any atom is 0.416 e. The third-order valence-corrected chi connectivity index (χ3v) is 5.43. The summed E-state index contributed by atoms with van der Waals surface area (Å²) in [5.74, 6) is -7.98. The molecule has 1 aliphatic rings. The van der Waals surface area contributed by atoms with Gasteiger partial charge in [-0.25, -0.2) is 22.5 Å². The van der Waals surface area contributed by atoms with E-state index < -0.39 is 88.6 Å². The van der Waals surface area contributed by atoms with Gasteiger partial charge in [-0.2, -0.15) is 13.2 Å². The maximum absolute atomic E-state index is 14.6. The monoisotopic (exact) mass is 532 g/mol. The zero-order chi connectivity index (χ0) is 29.1. The van der Waals surface area contributed by atoms with Crippen LogP contribution in [0.2, 0.25) is 5.02 Å².